The number of amides is 1. The van der Waals surface area contributed by atoms with Crippen molar-refractivity contribution in [1.82, 2.24) is 15.3 Å². The standard InChI is InChI=1S/C21H20N4O4/c1-27-17-5-3-2-4-14(17)8-9-22-21(26)16-11-20(24-12-23-16)25-15-6-7-18-19(10-15)29-13-28-18/h2-7,10-12H,8-9,13H2,1H3,(H,22,26)(H,23,24,25). The van der Waals surface area contributed by atoms with E-state index in [4.69, 9.17) is 14.2 Å². The van der Waals surface area contributed by atoms with Crippen LogP contribution in [0.5, 0.6) is 17.2 Å². The second kappa shape index (κ2) is 8.47. The number of nitrogens with zero attached hydrogens (tertiary/aromatic N) is 2. The number of hydrogen-bond donors (Lipinski definition) is 2. The molecule has 0 fully saturated rings. The lowest BCUT2D eigenvalue weighted by Gasteiger charge is -2.10. The zero-order valence-electron chi connectivity index (χ0n) is 15.8. The van der Waals surface area contributed by atoms with Gasteiger partial charge in [-0.15, -0.1) is 0 Å². The minimum absolute atomic E-state index is 0.214. The Morgan fingerprint density at radius 2 is 1.97 bits per heavy atom. The molecule has 148 valence electrons. The molecular weight excluding hydrogens is 372 g/mol. The van der Waals surface area contributed by atoms with Gasteiger partial charge in [0.05, 0.1) is 7.11 Å². The van der Waals surface area contributed by atoms with Crippen molar-refractivity contribution in [2.75, 3.05) is 25.8 Å². The summed E-state index contributed by atoms with van der Waals surface area (Å²) in [6, 6.07) is 14.8. The fourth-order valence-corrected chi connectivity index (χ4v) is 2.98. The number of aromatic nitrogens is 2. The number of para-hydroxylation sites is 1. The summed E-state index contributed by atoms with van der Waals surface area (Å²) in [5, 5.41) is 6.02. The summed E-state index contributed by atoms with van der Waals surface area (Å²) in [4.78, 5) is 20.7. The molecular formula is C21H20N4O4. The number of methoxy groups -OCH3 is 1. The average Bonchev–Trinajstić information content (AvgIpc) is 3.22. The minimum Gasteiger partial charge on any atom is -0.496 e. The molecule has 0 unspecified atom stereocenters. The Balaban J connectivity index is 1.37. The molecule has 0 aliphatic carbocycles. The van der Waals surface area contributed by atoms with E-state index in [1.54, 1.807) is 13.2 Å². The van der Waals surface area contributed by atoms with Crippen LogP contribution in [0.4, 0.5) is 11.5 Å². The molecule has 1 aliphatic rings. The van der Waals surface area contributed by atoms with Crippen molar-refractivity contribution in [2.45, 2.75) is 6.42 Å². The van der Waals surface area contributed by atoms with E-state index in [1.807, 2.05) is 42.5 Å². The second-order valence-corrected chi connectivity index (χ2v) is 6.30. The Hall–Kier alpha value is -3.81. The number of carbonyl (C=O) groups is 1. The van der Waals surface area contributed by atoms with E-state index in [2.05, 4.69) is 20.6 Å². The van der Waals surface area contributed by atoms with Gasteiger partial charge in [0, 0.05) is 24.4 Å². The molecule has 2 aromatic carbocycles. The number of hydrogen-bond acceptors (Lipinski definition) is 7. The van der Waals surface area contributed by atoms with E-state index in [9.17, 15) is 4.79 Å². The van der Waals surface area contributed by atoms with Gasteiger partial charge in [-0.1, -0.05) is 18.2 Å². The number of rotatable bonds is 7. The SMILES string of the molecule is COc1ccccc1CCNC(=O)c1cc(Nc2ccc3c(c2)OCO3)ncn1. The van der Waals surface area contributed by atoms with E-state index >= 15 is 0 Å². The first-order valence-corrected chi connectivity index (χ1v) is 9.12. The highest BCUT2D eigenvalue weighted by Crippen LogP contribution is 2.34. The first kappa shape index (κ1) is 18.5. The largest absolute Gasteiger partial charge is 0.496 e. The number of fused-ring (bicyclic) bond motifs is 1. The third-order valence-corrected chi connectivity index (χ3v) is 4.42. The maximum Gasteiger partial charge on any atom is 0.270 e. The van der Waals surface area contributed by atoms with Gasteiger partial charge in [0.15, 0.2) is 11.5 Å². The van der Waals surface area contributed by atoms with Crippen LogP contribution in [-0.4, -0.2) is 36.3 Å². The van der Waals surface area contributed by atoms with Gasteiger partial charge in [-0.2, -0.15) is 0 Å². The second-order valence-electron chi connectivity index (χ2n) is 6.30. The van der Waals surface area contributed by atoms with Gasteiger partial charge in [-0.3, -0.25) is 4.79 Å². The fraction of sp³-hybridized carbons (Fsp3) is 0.190. The van der Waals surface area contributed by atoms with E-state index in [1.165, 1.54) is 6.33 Å². The fourth-order valence-electron chi connectivity index (χ4n) is 2.98. The highest BCUT2D eigenvalue weighted by molar-refractivity contribution is 5.93. The Bertz CT molecular complexity index is 1030. The Morgan fingerprint density at radius 1 is 1.10 bits per heavy atom. The molecule has 0 saturated heterocycles. The van der Waals surface area contributed by atoms with E-state index in [-0.39, 0.29) is 18.4 Å². The zero-order valence-corrected chi connectivity index (χ0v) is 15.8. The van der Waals surface area contributed by atoms with E-state index < -0.39 is 0 Å². The molecule has 29 heavy (non-hydrogen) atoms. The summed E-state index contributed by atoms with van der Waals surface area (Å²) in [6.45, 7) is 0.680. The molecule has 0 atom stereocenters. The Labute approximate surface area is 167 Å². The highest BCUT2D eigenvalue weighted by Gasteiger charge is 2.14. The van der Waals surface area contributed by atoms with Crippen LogP contribution in [-0.2, 0) is 6.42 Å². The summed E-state index contributed by atoms with van der Waals surface area (Å²) in [5.74, 6) is 2.41. The first-order chi connectivity index (χ1) is 14.2. The van der Waals surface area contributed by atoms with Gasteiger partial charge in [0.1, 0.15) is 23.6 Å². The lowest BCUT2D eigenvalue weighted by atomic mass is 10.1. The Kier molecular flexibility index (Phi) is 5.42. The summed E-state index contributed by atoms with van der Waals surface area (Å²) in [5.41, 5.74) is 2.09. The molecule has 0 bridgehead atoms. The van der Waals surface area contributed by atoms with Gasteiger partial charge in [0.25, 0.3) is 5.91 Å². The van der Waals surface area contributed by atoms with Crippen LogP contribution >= 0.6 is 0 Å². The molecule has 1 amide bonds. The van der Waals surface area contributed by atoms with Crippen molar-refractivity contribution in [3.63, 3.8) is 0 Å². The van der Waals surface area contributed by atoms with Crippen LogP contribution in [0.3, 0.4) is 0 Å². The highest BCUT2D eigenvalue weighted by atomic mass is 16.7. The van der Waals surface area contributed by atoms with Crippen molar-refractivity contribution in [3.8, 4) is 17.2 Å². The van der Waals surface area contributed by atoms with E-state index in [0.717, 1.165) is 17.0 Å². The number of benzene rings is 2. The van der Waals surface area contributed by atoms with Crippen LogP contribution in [0.25, 0.3) is 0 Å². The average molecular weight is 392 g/mol. The summed E-state index contributed by atoms with van der Waals surface area (Å²) in [6.07, 6.45) is 2.01. The lowest BCUT2D eigenvalue weighted by Crippen LogP contribution is -2.26. The molecule has 2 N–H and O–H groups in total. The summed E-state index contributed by atoms with van der Waals surface area (Å²) >= 11 is 0. The van der Waals surface area contributed by atoms with Gasteiger partial charge >= 0.3 is 0 Å². The molecule has 0 saturated carbocycles. The van der Waals surface area contributed by atoms with Crippen molar-refractivity contribution < 1.29 is 19.0 Å². The third kappa shape index (κ3) is 4.37. The molecule has 1 aliphatic heterocycles. The molecule has 8 heteroatoms. The molecule has 1 aromatic heterocycles. The molecule has 8 nitrogen and oxygen atoms in total. The molecule has 4 rings (SSSR count). The summed E-state index contributed by atoms with van der Waals surface area (Å²) < 4.78 is 16.0. The minimum atomic E-state index is -0.268. The lowest BCUT2D eigenvalue weighted by molar-refractivity contribution is 0.0949. The first-order valence-electron chi connectivity index (χ1n) is 9.12. The van der Waals surface area contributed by atoms with Crippen molar-refractivity contribution in [3.05, 3.63) is 66.1 Å². The monoisotopic (exact) mass is 392 g/mol. The summed E-state index contributed by atoms with van der Waals surface area (Å²) in [7, 11) is 1.63. The smallest absolute Gasteiger partial charge is 0.270 e. The topological polar surface area (TPSA) is 94.6 Å². The molecule has 2 heterocycles. The van der Waals surface area contributed by atoms with Crippen LogP contribution in [0.1, 0.15) is 16.1 Å². The number of ether oxygens (including phenoxy) is 3. The molecule has 0 spiro atoms. The number of anilines is 2. The zero-order chi connectivity index (χ0) is 20.1. The predicted molar refractivity (Wildman–Crippen MR) is 107 cm³/mol. The van der Waals surface area contributed by atoms with Gasteiger partial charge in [0.2, 0.25) is 6.79 Å². The van der Waals surface area contributed by atoms with Crippen molar-refractivity contribution in [2.24, 2.45) is 0 Å². The van der Waals surface area contributed by atoms with Crippen LogP contribution in [0.2, 0.25) is 0 Å². The predicted octanol–water partition coefficient (Wildman–Crippen LogP) is 2.93. The quantitative estimate of drug-likeness (QED) is 0.638. The van der Waals surface area contributed by atoms with Crippen LogP contribution < -0.4 is 24.8 Å². The van der Waals surface area contributed by atoms with Gasteiger partial charge in [-0.25, -0.2) is 9.97 Å². The normalized spacial score (nSPS) is 11.8. The maximum atomic E-state index is 12.5. The van der Waals surface area contributed by atoms with Crippen LogP contribution in [0.15, 0.2) is 54.9 Å². The third-order valence-electron chi connectivity index (χ3n) is 4.42. The molecule has 3 aromatic rings. The maximum absolute atomic E-state index is 12.5. The molecule has 0 radical (unpaired) electrons. The van der Waals surface area contributed by atoms with Gasteiger partial charge in [-0.05, 0) is 30.2 Å². The van der Waals surface area contributed by atoms with Crippen LogP contribution in [0, 0.1) is 0 Å². The Morgan fingerprint density at radius 3 is 2.86 bits per heavy atom. The van der Waals surface area contributed by atoms with E-state index in [0.29, 0.717) is 30.3 Å². The van der Waals surface area contributed by atoms with Crippen molar-refractivity contribution >= 4 is 17.4 Å². The number of nitrogens with one attached hydrogen (secondary N) is 2. The number of carbonyl (C=O) groups excluding carboxylic acids is 1. The van der Waals surface area contributed by atoms with Gasteiger partial charge < -0.3 is 24.8 Å². The van der Waals surface area contributed by atoms with Crippen molar-refractivity contribution in [1.29, 1.82) is 0 Å².